The topological polar surface area (TPSA) is 64.7 Å². The van der Waals surface area contributed by atoms with Crippen LogP contribution in [0.15, 0.2) is 78.9 Å². The lowest BCUT2D eigenvalue weighted by molar-refractivity contribution is 0.128. The monoisotopic (exact) mass is 427 g/mol. The molecule has 5 heteroatoms. The Kier molecular flexibility index (Phi) is 9.18. The molecule has 3 N–H and O–H groups in total. The summed E-state index contributed by atoms with van der Waals surface area (Å²) in [6.45, 7) is 4.28. The smallest absolute Gasteiger partial charge is 0.170 e. The summed E-state index contributed by atoms with van der Waals surface area (Å²) in [4.78, 5) is 0. The fourth-order valence-electron chi connectivity index (χ4n) is 3.03. The molecule has 3 rings (SSSR count). The molecule has 0 unspecified atom stereocenters. The van der Waals surface area contributed by atoms with Gasteiger partial charge < -0.3 is 20.3 Å². The van der Waals surface area contributed by atoms with Crippen molar-refractivity contribution in [3.8, 4) is 23.0 Å². The number of hydrogen-bond donors (Lipinski definition) is 2. The third-order valence-electron chi connectivity index (χ3n) is 4.75. The highest BCUT2D eigenvalue weighted by molar-refractivity contribution is 5.85. The van der Waals surface area contributed by atoms with E-state index in [1.54, 1.807) is 0 Å². The number of ether oxygens (including phenoxy) is 2. The fraction of sp³-hybridized carbons (Fsp3) is 0.280. The highest BCUT2D eigenvalue weighted by Gasteiger charge is 2.19. The van der Waals surface area contributed by atoms with Crippen LogP contribution in [0.5, 0.6) is 23.0 Å². The maximum atomic E-state index is 10.5. The first-order valence-electron chi connectivity index (χ1n) is 10.1. The van der Waals surface area contributed by atoms with Crippen LogP contribution in [0.4, 0.5) is 0 Å². The van der Waals surface area contributed by atoms with Crippen LogP contribution in [0.2, 0.25) is 0 Å². The van der Waals surface area contributed by atoms with E-state index in [4.69, 9.17) is 15.2 Å². The van der Waals surface area contributed by atoms with Crippen molar-refractivity contribution < 1.29 is 14.6 Å². The number of halogens is 1. The van der Waals surface area contributed by atoms with E-state index in [1.807, 2.05) is 78.9 Å². The SMILES string of the molecule is CC(C)CC[C@@H](O)[C@@H](N)c1ccc(Oc2ccccc2)c(Oc2ccccc2)c1.Cl. The van der Waals surface area contributed by atoms with Crippen molar-refractivity contribution in [3.05, 3.63) is 84.4 Å². The predicted molar refractivity (Wildman–Crippen MR) is 124 cm³/mol. The summed E-state index contributed by atoms with van der Waals surface area (Å²) in [5.74, 6) is 3.10. The largest absolute Gasteiger partial charge is 0.453 e. The first-order chi connectivity index (χ1) is 14.0. The zero-order valence-electron chi connectivity index (χ0n) is 17.4. The van der Waals surface area contributed by atoms with Gasteiger partial charge in [-0.3, -0.25) is 0 Å². The van der Waals surface area contributed by atoms with Crippen LogP contribution in [0, 0.1) is 5.92 Å². The summed E-state index contributed by atoms with van der Waals surface area (Å²) in [5.41, 5.74) is 7.16. The lowest BCUT2D eigenvalue weighted by atomic mass is 9.96. The molecule has 0 spiro atoms. The average Bonchev–Trinajstić information content (AvgIpc) is 2.74. The summed E-state index contributed by atoms with van der Waals surface area (Å²) in [6.07, 6.45) is 0.982. The van der Waals surface area contributed by atoms with Gasteiger partial charge in [0.1, 0.15) is 11.5 Å². The Labute approximate surface area is 185 Å². The number of hydrogen-bond acceptors (Lipinski definition) is 4. The van der Waals surface area contributed by atoms with Crippen molar-refractivity contribution in [2.75, 3.05) is 0 Å². The van der Waals surface area contributed by atoms with Gasteiger partial charge in [-0.05, 0) is 60.7 Å². The van der Waals surface area contributed by atoms with E-state index in [0.717, 1.165) is 17.7 Å². The number of para-hydroxylation sites is 2. The van der Waals surface area contributed by atoms with Gasteiger partial charge in [0.2, 0.25) is 0 Å². The van der Waals surface area contributed by atoms with Gasteiger partial charge >= 0.3 is 0 Å². The fourth-order valence-corrected chi connectivity index (χ4v) is 3.03. The molecule has 4 nitrogen and oxygen atoms in total. The van der Waals surface area contributed by atoms with Gasteiger partial charge in [-0.15, -0.1) is 12.4 Å². The summed E-state index contributed by atoms with van der Waals surface area (Å²) >= 11 is 0. The van der Waals surface area contributed by atoms with Crippen LogP contribution in [-0.4, -0.2) is 11.2 Å². The molecule has 0 radical (unpaired) electrons. The van der Waals surface area contributed by atoms with Crippen LogP contribution < -0.4 is 15.2 Å². The minimum absolute atomic E-state index is 0. The Morgan fingerprint density at radius 3 is 1.83 bits per heavy atom. The summed E-state index contributed by atoms with van der Waals surface area (Å²) in [7, 11) is 0. The van der Waals surface area contributed by atoms with Gasteiger partial charge in [0.05, 0.1) is 12.1 Å². The second kappa shape index (κ2) is 11.6. The number of aliphatic hydroxyl groups excluding tert-OH is 1. The van der Waals surface area contributed by atoms with Crippen molar-refractivity contribution in [1.29, 1.82) is 0 Å². The molecule has 0 saturated heterocycles. The third-order valence-corrected chi connectivity index (χ3v) is 4.75. The Bertz CT molecular complexity index is 887. The highest BCUT2D eigenvalue weighted by Crippen LogP contribution is 2.37. The van der Waals surface area contributed by atoms with Gasteiger partial charge in [-0.2, -0.15) is 0 Å². The van der Waals surface area contributed by atoms with Gasteiger partial charge in [-0.25, -0.2) is 0 Å². The molecule has 0 heterocycles. The normalized spacial score (nSPS) is 12.7. The Hall–Kier alpha value is -2.53. The quantitative estimate of drug-likeness (QED) is 0.409. The van der Waals surface area contributed by atoms with Crippen molar-refractivity contribution >= 4 is 12.4 Å². The molecule has 0 aliphatic rings. The van der Waals surface area contributed by atoms with Gasteiger partial charge in [0.15, 0.2) is 11.5 Å². The predicted octanol–water partition coefficient (Wildman–Crippen LogP) is 6.49. The maximum Gasteiger partial charge on any atom is 0.170 e. The van der Waals surface area contributed by atoms with Crippen molar-refractivity contribution in [2.45, 2.75) is 38.8 Å². The Morgan fingerprint density at radius 1 is 0.767 bits per heavy atom. The lowest BCUT2D eigenvalue weighted by Crippen LogP contribution is -2.26. The van der Waals surface area contributed by atoms with E-state index >= 15 is 0 Å². The van der Waals surface area contributed by atoms with Crippen LogP contribution in [-0.2, 0) is 0 Å². The molecule has 0 aliphatic carbocycles. The molecule has 3 aromatic rings. The minimum Gasteiger partial charge on any atom is -0.453 e. The second-order valence-electron chi connectivity index (χ2n) is 7.60. The van der Waals surface area contributed by atoms with E-state index in [1.165, 1.54) is 0 Å². The molecular weight excluding hydrogens is 398 g/mol. The molecule has 2 atom stereocenters. The molecule has 0 bridgehead atoms. The Balaban J connectivity index is 0.00000320. The zero-order chi connectivity index (χ0) is 20.6. The number of benzene rings is 3. The van der Waals surface area contributed by atoms with Crippen molar-refractivity contribution in [2.24, 2.45) is 11.7 Å². The average molecular weight is 428 g/mol. The summed E-state index contributed by atoms with van der Waals surface area (Å²) < 4.78 is 12.1. The van der Waals surface area contributed by atoms with E-state index in [2.05, 4.69) is 13.8 Å². The molecule has 0 aliphatic heterocycles. The van der Waals surface area contributed by atoms with Crippen molar-refractivity contribution in [3.63, 3.8) is 0 Å². The third kappa shape index (κ3) is 6.77. The summed E-state index contributed by atoms with van der Waals surface area (Å²) in [5, 5.41) is 10.5. The summed E-state index contributed by atoms with van der Waals surface area (Å²) in [6, 6.07) is 24.2. The molecule has 0 fully saturated rings. The van der Waals surface area contributed by atoms with Crippen LogP contribution in [0.3, 0.4) is 0 Å². The number of rotatable bonds is 9. The first kappa shape index (κ1) is 23.7. The van der Waals surface area contributed by atoms with E-state index in [9.17, 15) is 5.11 Å². The maximum absolute atomic E-state index is 10.5. The number of nitrogens with two attached hydrogens (primary N) is 1. The lowest BCUT2D eigenvalue weighted by Gasteiger charge is -2.21. The molecule has 0 amide bonds. The van der Waals surface area contributed by atoms with Gasteiger partial charge in [-0.1, -0.05) is 56.3 Å². The number of aliphatic hydroxyl groups is 1. The highest BCUT2D eigenvalue weighted by atomic mass is 35.5. The molecule has 160 valence electrons. The van der Waals surface area contributed by atoms with Crippen LogP contribution >= 0.6 is 12.4 Å². The van der Waals surface area contributed by atoms with Crippen LogP contribution in [0.1, 0.15) is 38.3 Å². The van der Waals surface area contributed by atoms with Crippen molar-refractivity contribution in [1.82, 2.24) is 0 Å². The van der Waals surface area contributed by atoms with Crippen LogP contribution in [0.25, 0.3) is 0 Å². The standard InChI is InChI=1S/C25H29NO3.ClH/c1-18(2)13-15-22(27)25(26)19-14-16-23(28-20-9-5-3-6-10-20)24(17-19)29-21-11-7-4-8-12-21;/h3-12,14,16-18,22,25,27H,13,15,26H2,1-2H3;1H/t22-,25+;/m1./s1. The zero-order valence-corrected chi connectivity index (χ0v) is 18.2. The first-order valence-corrected chi connectivity index (χ1v) is 10.1. The van der Waals surface area contributed by atoms with E-state index in [-0.39, 0.29) is 12.4 Å². The minimum atomic E-state index is -0.608. The molecular formula is C25H30ClNO3. The molecule has 0 aromatic heterocycles. The molecule has 0 saturated carbocycles. The van der Waals surface area contributed by atoms with Gasteiger partial charge in [0.25, 0.3) is 0 Å². The Morgan fingerprint density at radius 2 is 1.30 bits per heavy atom. The van der Waals surface area contributed by atoms with E-state index < -0.39 is 12.1 Å². The molecule has 30 heavy (non-hydrogen) atoms. The van der Waals surface area contributed by atoms with Gasteiger partial charge in [0, 0.05) is 0 Å². The van der Waals surface area contributed by atoms with E-state index in [0.29, 0.717) is 29.6 Å². The second-order valence-corrected chi connectivity index (χ2v) is 7.60. The molecule has 3 aromatic carbocycles.